The fourth-order valence-corrected chi connectivity index (χ4v) is 10.4. The number of hydrogen-bond acceptors (Lipinski definition) is 2. The second kappa shape index (κ2) is 10.7. The number of nitrogens with one attached hydrogen (secondary N) is 1. The van der Waals surface area contributed by atoms with E-state index in [0.717, 1.165) is 12.5 Å². The van der Waals surface area contributed by atoms with Crippen molar-refractivity contribution in [3.05, 3.63) is 96.6 Å². The van der Waals surface area contributed by atoms with E-state index in [0.29, 0.717) is 13.2 Å². The standard InChI is InChI=1S/C28H35NOSi/c1-28(2,3)31(26-15-9-5-10-16-26,27-17-11-6-12-18-27)23-25(21-29)19-20-30-22-24-13-7-4-8-14-24/h4-18,21,25,29H,19-20,22-23H2,1-3H3/t25-/m0/s1. The van der Waals surface area contributed by atoms with Gasteiger partial charge in [-0.3, -0.25) is 0 Å². The van der Waals surface area contributed by atoms with Gasteiger partial charge < -0.3 is 10.1 Å². The van der Waals surface area contributed by atoms with E-state index in [-0.39, 0.29) is 11.0 Å². The minimum atomic E-state index is -2.16. The average molecular weight is 430 g/mol. The lowest BCUT2D eigenvalue weighted by Crippen LogP contribution is -2.65. The monoisotopic (exact) mass is 429 g/mol. The van der Waals surface area contributed by atoms with Crippen LogP contribution in [0.3, 0.4) is 0 Å². The van der Waals surface area contributed by atoms with E-state index < -0.39 is 8.07 Å². The van der Waals surface area contributed by atoms with Crippen molar-refractivity contribution in [1.82, 2.24) is 0 Å². The molecule has 0 aliphatic rings. The van der Waals surface area contributed by atoms with Gasteiger partial charge >= 0.3 is 0 Å². The van der Waals surface area contributed by atoms with E-state index in [1.54, 1.807) is 6.21 Å². The summed E-state index contributed by atoms with van der Waals surface area (Å²) < 4.78 is 5.98. The molecule has 31 heavy (non-hydrogen) atoms. The van der Waals surface area contributed by atoms with Crippen molar-refractivity contribution < 1.29 is 4.74 Å². The molecule has 0 fully saturated rings. The Bertz CT molecular complexity index is 880. The molecule has 0 aromatic heterocycles. The number of ether oxygens (including phenoxy) is 1. The van der Waals surface area contributed by atoms with Crippen molar-refractivity contribution in [3.8, 4) is 0 Å². The molecule has 0 aliphatic heterocycles. The van der Waals surface area contributed by atoms with E-state index in [1.165, 1.54) is 15.9 Å². The molecule has 3 aromatic rings. The topological polar surface area (TPSA) is 33.1 Å². The SMILES string of the molecule is CC(C)(C)[Si](C[C@H](C=N)CCOCc1ccccc1)(c1ccccc1)c1ccccc1. The average Bonchev–Trinajstić information content (AvgIpc) is 2.80. The molecule has 162 valence electrons. The van der Waals surface area contributed by atoms with Crippen LogP contribution in [0.5, 0.6) is 0 Å². The molecule has 0 bridgehead atoms. The molecule has 0 saturated carbocycles. The third-order valence-electron chi connectivity index (χ3n) is 6.36. The van der Waals surface area contributed by atoms with Crippen LogP contribution in [0.25, 0.3) is 0 Å². The molecule has 3 aromatic carbocycles. The van der Waals surface area contributed by atoms with Gasteiger partial charge in [-0.2, -0.15) is 0 Å². The maximum absolute atomic E-state index is 8.21. The minimum Gasteiger partial charge on any atom is -0.377 e. The molecule has 0 amide bonds. The summed E-state index contributed by atoms with van der Waals surface area (Å²) >= 11 is 0. The zero-order valence-corrected chi connectivity index (χ0v) is 20.1. The Morgan fingerprint density at radius 1 is 0.806 bits per heavy atom. The Labute approximate surface area is 188 Å². The lowest BCUT2D eigenvalue weighted by atomic mass is 10.1. The zero-order valence-electron chi connectivity index (χ0n) is 19.1. The van der Waals surface area contributed by atoms with Gasteiger partial charge in [-0.05, 0) is 35.2 Å². The van der Waals surface area contributed by atoms with Crippen molar-refractivity contribution >= 4 is 24.7 Å². The highest BCUT2D eigenvalue weighted by molar-refractivity contribution is 7.04. The normalized spacial score (nSPS) is 13.0. The van der Waals surface area contributed by atoms with Crippen LogP contribution in [-0.4, -0.2) is 20.9 Å². The summed E-state index contributed by atoms with van der Waals surface area (Å²) in [6.45, 7) is 8.45. The van der Waals surface area contributed by atoms with Crippen LogP contribution in [0.15, 0.2) is 91.0 Å². The Morgan fingerprint density at radius 2 is 1.29 bits per heavy atom. The molecule has 0 spiro atoms. The maximum Gasteiger partial charge on any atom is 0.123 e. The van der Waals surface area contributed by atoms with Gasteiger partial charge in [0.05, 0.1) is 6.61 Å². The Kier molecular flexibility index (Phi) is 8.00. The summed E-state index contributed by atoms with van der Waals surface area (Å²) in [6.07, 6.45) is 2.53. The highest BCUT2D eigenvalue weighted by atomic mass is 28.3. The minimum absolute atomic E-state index is 0.113. The predicted molar refractivity (Wildman–Crippen MR) is 135 cm³/mol. The van der Waals surface area contributed by atoms with Gasteiger partial charge in [0.2, 0.25) is 0 Å². The van der Waals surface area contributed by atoms with E-state index in [9.17, 15) is 0 Å². The van der Waals surface area contributed by atoms with Crippen LogP contribution in [0, 0.1) is 11.3 Å². The van der Waals surface area contributed by atoms with Gasteiger partial charge in [-0.1, -0.05) is 122 Å². The van der Waals surface area contributed by atoms with Gasteiger partial charge in [-0.25, -0.2) is 0 Å². The molecule has 0 unspecified atom stereocenters. The molecule has 1 N–H and O–H groups in total. The first-order chi connectivity index (χ1) is 15.0. The molecule has 1 atom stereocenters. The van der Waals surface area contributed by atoms with Gasteiger partial charge in [0, 0.05) is 6.61 Å². The van der Waals surface area contributed by atoms with Crippen LogP contribution in [-0.2, 0) is 11.3 Å². The van der Waals surface area contributed by atoms with Gasteiger partial charge in [0.1, 0.15) is 8.07 Å². The molecule has 2 nitrogen and oxygen atoms in total. The van der Waals surface area contributed by atoms with Crippen molar-refractivity contribution in [2.24, 2.45) is 5.92 Å². The molecule has 3 heteroatoms. The Morgan fingerprint density at radius 3 is 1.74 bits per heavy atom. The second-order valence-corrected chi connectivity index (χ2v) is 14.2. The Balaban J connectivity index is 1.84. The second-order valence-electron chi connectivity index (χ2n) is 9.35. The first kappa shape index (κ1) is 23.2. The van der Waals surface area contributed by atoms with Gasteiger partial charge in [-0.15, -0.1) is 0 Å². The Hall–Kier alpha value is -2.49. The molecule has 0 aliphatic carbocycles. The molecule has 0 saturated heterocycles. The van der Waals surface area contributed by atoms with E-state index in [1.807, 2.05) is 18.2 Å². The summed E-state index contributed by atoms with van der Waals surface area (Å²) in [7, 11) is -2.16. The van der Waals surface area contributed by atoms with Crippen molar-refractivity contribution in [3.63, 3.8) is 0 Å². The number of hydrogen-bond donors (Lipinski definition) is 1. The van der Waals surface area contributed by atoms with E-state index >= 15 is 0 Å². The summed E-state index contributed by atoms with van der Waals surface area (Å²) in [4.78, 5) is 0. The van der Waals surface area contributed by atoms with Crippen molar-refractivity contribution in [1.29, 1.82) is 5.41 Å². The highest BCUT2D eigenvalue weighted by Gasteiger charge is 2.48. The quantitative estimate of drug-likeness (QED) is 0.242. The predicted octanol–water partition coefficient (Wildman–Crippen LogP) is 5.92. The van der Waals surface area contributed by atoms with Crippen LogP contribution in [0.1, 0.15) is 32.8 Å². The van der Waals surface area contributed by atoms with Crippen molar-refractivity contribution in [2.75, 3.05) is 6.61 Å². The fraction of sp³-hybridized carbons (Fsp3) is 0.321. The summed E-state index contributed by atoms with van der Waals surface area (Å²) in [6, 6.07) is 33.4. The van der Waals surface area contributed by atoms with E-state index in [4.69, 9.17) is 10.1 Å². The molecule has 0 radical (unpaired) electrons. The molecule has 3 rings (SSSR count). The van der Waals surface area contributed by atoms with Crippen molar-refractivity contribution in [2.45, 2.75) is 44.9 Å². The maximum atomic E-state index is 8.21. The number of rotatable bonds is 10. The van der Waals surface area contributed by atoms with E-state index in [2.05, 4.69) is 93.6 Å². The highest BCUT2D eigenvalue weighted by Crippen LogP contribution is 2.40. The molecular weight excluding hydrogens is 394 g/mol. The largest absolute Gasteiger partial charge is 0.377 e. The van der Waals surface area contributed by atoms with Crippen LogP contribution >= 0.6 is 0 Å². The summed E-state index contributed by atoms with van der Waals surface area (Å²) in [5, 5.41) is 11.2. The van der Waals surface area contributed by atoms with Crippen LogP contribution in [0.2, 0.25) is 11.1 Å². The van der Waals surface area contributed by atoms with Gasteiger partial charge in [0.15, 0.2) is 0 Å². The lowest BCUT2D eigenvalue weighted by Gasteiger charge is -2.45. The lowest BCUT2D eigenvalue weighted by molar-refractivity contribution is 0.114. The molecular formula is C28H35NOSi. The van der Waals surface area contributed by atoms with Crippen LogP contribution in [0.4, 0.5) is 0 Å². The van der Waals surface area contributed by atoms with Gasteiger partial charge in [0.25, 0.3) is 0 Å². The summed E-state index contributed by atoms with van der Waals surface area (Å²) in [5.41, 5.74) is 1.20. The fourth-order valence-electron chi connectivity index (χ4n) is 4.66. The first-order valence-electron chi connectivity index (χ1n) is 11.2. The third-order valence-corrected chi connectivity index (χ3v) is 12.7. The number of benzene rings is 3. The third kappa shape index (κ3) is 5.60. The zero-order chi connectivity index (χ0) is 22.2. The summed E-state index contributed by atoms with van der Waals surface area (Å²) in [5.74, 6) is 0.196. The smallest absolute Gasteiger partial charge is 0.123 e. The molecule has 0 heterocycles. The first-order valence-corrected chi connectivity index (χ1v) is 13.4. The van der Waals surface area contributed by atoms with Crippen LogP contribution < -0.4 is 10.4 Å².